The van der Waals surface area contributed by atoms with E-state index in [2.05, 4.69) is 44.5 Å². The SMILES string of the molecule is C/C=C(\CCC(F)F)C1=C(CN2CCN(c3ccc(C(=O)NS(=O)(=O)c4ccc(N[C@H](CCN5CCN(C(=O)CCCCCNc6cccc7c6C(=O)N(C6CCC(=O)NC6=O)C7=O)CC5)CSc5ccccc5)c(S(=O)(=O)C(F)(F)F)c4)cc3)CC2)CCC(C)(C)C1. The molecular weight excluding hydrogens is 1270 g/mol. The van der Waals surface area contributed by atoms with E-state index in [4.69, 9.17) is 0 Å². The molecule has 4 heterocycles. The number of piperazine rings is 2. The summed E-state index contributed by atoms with van der Waals surface area (Å²) in [7, 11) is -11.1. The van der Waals surface area contributed by atoms with Crippen molar-refractivity contribution in [2.45, 2.75) is 137 Å². The fourth-order valence-electron chi connectivity index (χ4n) is 12.5. The second-order valence-electron chi connectivity index (χ2n) is 24.9. The number of sulfone groups is 1. The molecule has 4 aliphatic heterocycles. The summed E-state index contributed by atoms with van der Waals surface area (Å²) in [6.07, 6.45) is 5.00. The van der Waals surface area contributed by atoms with Crippen LogP contribution in [0.15, 0.2) is 128 Å². The first-order valence-corrected chi connectivity index (χ1v) is 35.4. The van der Waals surface area contributed by atoms with Gasteiger partial charge in [0.25, 0.3) is 37.6 Å². The van der Waals surface area contributed by atoms with Crippen LogP contribution in [-0.2, 0) is 34.2 Å². The highest BCUT2D eigenvalue weighted by molar-refractivity contribution is 7.99. The Morgan fingerprint density at radius 1 is 0.785 bits per heavy atom. The molecule has 3 fully saturated rings. The normalized spacial score (nSPS) is 19.0. The van der Waals surface area contributed by atoms with Crippen LogP contribution in [0, 0.1) is 5.41 Å². The van der Waals surface area contributed by atoms with E-state index >= 15 is 0 Å². The van der Waals surface area contributed by atoms with Crippen molar-refractivity contribution < 1.29 is 67.6 Å². The molecule has 4 N–H and O–H groups in total. The molecule has 3 saturated heterocycles. The highest BCUT2D eigenvalue weighted by atomic mass is 32.2. The van der Waals surface area contributed by atoms with Gasteiger partial charge in [-0.05, 0) is 142 Å². The summed E-state index contributed by atoms with van der Waals surface area (Å²) in [5, 5.41) is 8.40. The van der Waals surface area contributed by atoms with Crippen molar-refractivity contribution in [3.8, 4) is 0 Å². The van der Waals surface area contributed by atoms with Gasteiger partial charge < -0.3 is 20.4 Å². The number of allylic oxidation sites excluding steroid dienone is 3. The minimum absolute atomic E-state index is 0.00792. The van der Waals surface area contributed by atoms with Gasteiger partial charge >= 0.3 is 5.51 Å². The van der Waals surface area contributed by atoms with Gasteiger partial charge in [-0.25, -0.2) is 30.3 Å². The van der Waals surface area contributed by atoms with Crippen LogP contribution in [0.4, 0.5) is 39.0 Å². The van der Waals surface area contributed by atoms with Crippen molar-refractivity contribution in [1.29, 1.82) is 0 Å². The van der Waals surface area contributed by atoms with E-state index in [1.165, 1.54) is 41.1 Å². The first kappa shape index (κ1) is 70.1. The predicted octanol–water partition coefficient (Wildman–Crippen LogP) is 9.90. The standard InChI is InChI=1S/C66H80F5N9O10S3/c1-4-44(19-25-57(67)68)52-41-65(2,3)29-27-46(52)42-77-34-36-78(37-35-77)48-20-17-45(18-21-48)61(83)75-93(89,90)50-22-23-53(56(40-50)92(87,88)66(69,70)71)73-47(43-91-49-12-7-5-8-13-49)28-31-76-32-38-79(39-33-76)59(82)16-9-6-10-30-72-54-15-11-14-51-60(54)64(86)80(63(51)85)55-24-26-58(81)74-62(55)84/h4-5,7-8,11-15,17-18,20-23,40,47,55,57,72-73H,6,9-10,16,19,24-39,41-43H2,1-3H3,(H,75,83)(H,74,81,84)/b44-4+/t47-,55?/m1/s1. The Kier molecular flexibility index (Phi) is 23.0. The zero-order chi connectivity index (χ0) is 66.8. The molecule has 2 atom stereocenters. The molecular formula is C66H80F5N9O10S3. The number of carbonyl (C=O) groups is 6. The fraction of sp³-hybridized carbons (Fsp3) is 0.485. The molecule has 1 aliphatic carbocycles. The summed E-state index contributed by atoms with van der Waals surface area (Å²) < 4.78 is 126. The van der Waals surface area contributed by atoms with Crippen LogP contribution in [0.25, 0.3) is 0 Å². The Morgan fingerprint density at radius 3 is 2.17 bits per heavy atom. The molecule has 5 aliphatic rings. The number of imide groups is 2. The number of nitrogens with one attached hydrogen (secondary N) is 4. The Morgan fingerprint density at radius 2 is 1.49 bits per heavy atom. The maximum atomic E-state index is 14.5. The smallest absolute Gasteiger partial charge is 0.384 e. The van der Waals surface area contributed by atoms with Gasteiger partial charge in [-0.1, -0.05) is 56.2 Å². The van der Waals surface area contributed by atoms with Crippen molar-refractivity contribution in [3.05, 3.63) is 130 Å². The van der Waals surface area contributed by atoms with Crippen molar-refractivity contribution >= 4 is 84.1 Å². The van der Waals surface area contributed by atoms with E-state index in [9.17, 15) is 67.6 Å². The van der Waals surface area contributed by atoms with Crippen LogP contribution in [0.2, 0.25) is 0 Å². The van der Waals surface area contributed by atoms with Gasteiger partial charge in [0.2, 0.25) is 24.1 Å². The molecule has 0 saturated carbocycles. The molecule has 0 radical (unpaired) electrons. The van der Waals surface area contributed by atoms with E-state index < -0.39 is 88.9 Å². The minimum atomic E-state index is -6.19. The molecule has 502 valence electrons. The molecule has 27 heteroatoms. The number of carbonyl (C=O) groups excluding carboxylic acids is 6. The maximum Gasteiger partial charge on any atom is 0.501 e. The number of thioether (sulfide) groups is 1. The summed E-state index contributed by atoms with van der Waals surface area (Å²) in [4.78, 5) is 85.7. The van der Waals surface area contributed by atoms with E-state index in [1.807, 2.05) is 48.1 Å². The van der Waals surface area contributed by atoms with Crippen LogP contribution in [0.1, 0.15) is 129 Å². The van der Waals surface area contributed by atoms with Crippen molar-refractivity contribution in [3.63, 3.8) is 0 Å². The largest absolute Gasteiger partial charge is 0.501 e. The lowest BCUT2D eigenvalue weighted by Gasteiger charge is -2.39. The summed E-state index contributed by atoms with van der Waals surface area (Å²) in [6.45, 7) is 12.4. The highest BCUT2D eigenvalue weighted by Gasteiger charge is 2.49. The summed E-state index contributed by atoms with van der Waals surface area (Å²) >= 11 is 1.38. The molecule has 0 spiro atoms. The molecule has 4 aromatic carbocycles. The summed E-state index contributed by atoms with van der Waals surface area (Å²) in [5.74, 6) is -3.24. The van der Waals surface area contributed by atoms with Crippen molar-refractivity contribution in [2.24, 2.45) is 5.41 Å². The number of unbranched alkanes of at least 4 members (excludes halogenated alkanes) is 2. The van der Waals surface area contributed by atoms with Crippen LogP contribution in [0.5, 0.6) is 0 Å². The Hall–Kier alpha value is -7.20. The number of nitrogens with zero attached hydrogens (tertiary/aromatic N) is 5. The molecule has 0 bridgehead atoms. The molecule has 9 rings (SSSR count). The minimum Gasteiger partial charge on any atom is -0.384 e. The average molecular weight is 1350 g/mol. The van der Waals surface area contributed by atoms with E-state index in [0.29, 0.717) is 116 Å². The number of benzene rings is 4. The first-order chi connectivity index (χ1) is 44.2. The lowest BCUT2D eigenvalue weighted by Crippen LogP contribution is -2.54. The van der Waals surface area contributed by atoms with Gasteiger partial charge in [-0.3, -0.25) is 48.8 Å². The average Bonchev–Trinajstić information content (AvgIpc) is 1.72. The van der Waals surface area contributed by atoms with E-state index in [-0.39, 0.29) is 53.0 Å². The topological polar surface area (TPSA) is 235 Å². The monoisotopic (exact) mass is 1350 g/mol. The molecule has 93 heavy (non-hydrogen) atoms. The quantitative estimate of drug-likeness (QED) is 0.0188. The predicted molar refractivity (Wildman–Crippen MR) is 345 cm³/mol. The first-order valence-electron chi connectivity index (χ1n) is 31.5. The molecule has 6 amide bonds. The van der Waals surface area contributed by atoms with Gasteiger partial charge in [0, 0.05) is 125 Å². The number of anilines is 3. The van der Waals surface area contributed by atoms with E-state index in [1.54, 1.807) is 29.2 Å². The number of rotatable bonds is 27. The van der Waals surface area contributed by atoms with Gasteiger partial charge in [0.1, 0.15) is 10.9 Å². The number of sulfonamides is 1. The Balaban J connectivity index is 0.770. The third-order valence-corrected chi connectivity index (χ3v) is 21.9. The zero-order valence-electron chi connectivity index (χ0n) is 52.4. The molecule has 1 unspecified atom stereocenters. The lowest BCUT2D eigenvalue weighted by atomic mass is 9.71. The summed E-state index contributed by atoms with van der Waals surface area (Å²) in [5.41, 5.74) is -1.33. The fourth-order valence-corrected chi connectivity index (χ4v) is 15.5. The number of amides is 6. The second-order valence-corrected chi connectivity index (χ2v) is 29.6. The van der Waals surface area contributed by atoms with E-state index in [0.717, 1.165) is 59.0 Å². The van der Waals surface area contributed by atoms with Crippen LogP contribution in [0.3, 0.4) is 0 Å². The lowest BCUT2D eigenvalue weighted by molar-refractivity contribution is -0.136. The second kappa shape index (κ2) is 30.5. The van der Waals surface area contributed by atoms with Crippen LogP contribution < -0.4 is 25.6 Å². The third kappa shape index (κ3) is 17.6. The third-order valence-electron chi connectivity index (χ3n) is 17.8. The Bertz CT molecular complexity index is 3710. The van der Waals surface area contributed by atoms with Crippen molar-refractivity contribution in [2.75, 3.05) is 93.3 Å². The number of halogens is 5. The number of piperidine rings is 1. The van der Waals surface area contributed by atoms with Gasteiger partial charge in [-0.15, -0.1) is 11.8 Å². The summed E-state index contributed by atoms with van der Waals surface area (Å²) in [6, 6.07) is 20.7. The van der Waals surface area contributed by atoms with Gasteiger partial charge in [0.15, 0.2) is 0 Å². The molecule has 0 aromatic heterocycles. The van der Waals surface area contributed by atoms with Crippen molar-refractivity contribution in [1.82, 2.24) is 29.6 Å². The van der Waals surface area contributed by atoms with Crippen LogP contribution in [-0.4, -0.2) is 174 Å². The molecule has 4 aromatic rings. The number of fused-ring (bicyclic) bond motifs is 1. The number of hydrogen-bond donors (Lipinski definition) is 4. The van der Waals surface area contributed by atoms with Gasteiger partial charge in [-0.2, -0.15) is 13.2 Å². The number of hydrogen-bond acceptors (Lipinski definition) is 16. The van der Waals surface area contributed by atoms with Crippen LogP contribution >= 0.6 is 11.8 Å². The zero-order valence-corrected chi connectivity index (χ0v) is 54.8. The van der Waals surface area contributed by atoms with Gasteiger partial charge in [0.05, 0.1) is 21.7 Å². The highest BCUT2D eigenvalue weighted by Crippen LogP contribution is 2.43. The Labute approximate surface area is 544 Å². The maximum absolute atomic E-state index is 14.5. The molecule has 19 nitrogen and oxygen atoms in total. The number of alkyl halides is 5.